The van der Waals surface area contributed by atoms with E-state index in [1.54, 1.807) is 17.5 Å². The van der Waals surface area contributed by atoms with Crippen LogP contribution in [0.4, 0.5) is 0 Å². The third-order valence-corrected chi connectivity index (χ3v) is 2.19. The van der Waals surface area contributed by atoms with Crippen LogP contribution in [0.1, 0.15) is 0 Å². The zero-order valence-corrected chi connectivity index (χ0v) is 6.97. The van der Waals surface area contributed by atoms with Gasteiger partial charge in [-0.05, 0) is 11.4 Å². The number of hydrogen-bond acceptors (Lipinski definition) is 3. The minimum Gasteiger partial charge on any atom is -0.326 e. The Kier molecular flexibility index (Phi) is 1.75. The van der Waals surface area contributed by atoms with Gasteiger partial charge >= 0.3 is 0 Å². The third-order valence-electron chi connectivity index (χ3n) is 1.50. The van der Waals surface area contributed by atoms with Crippen LogP contribution in [0.2, 0.25) is 0 Å². The summed E-state index contributed by atoms with van der Waals surface area (Å²) in [4.78, 5) is 17.8. The Morgan fingerprint density at radius 2 is 2.42 bits per heavy atom. The Balaban J connectivity index is 2.63. The smallest absolute Gasteiger partial charge is 0.274 e. The van der Waals surface area contributed by atoms with Gasteiger partial charge in [0.15, 0.2) is 0 Å². The van der Waals surface area contributed by atoms with Crippen molar-refractivity contribution in [3.63, 3.8) is 0 Å². The molecule has 0 fully saturated rings. The van der Waals surface area contributed by atoms with Gasteiger partial charge in [-0.1, -0.05) is 0 Å². The van der Waals surface area contributed by atoms with Crippen molar-refractivity contribution < 1.29 is 0 Å². The second-order valence-corrected chi connectivity index (χ2v) is 3.06. The van der Waals surface area contributed by atoms with Crippen molar-refractivity contribution in [1.29, 1.82) is 0 Å². The Morgan fingerprint density at radius 3 is 3.08 bits per heavy atom. The molecule has 60 valence electrons. The van der Waals surface area contributed by atoms with Crippen molar-refractivity contribution in [2.45, 2.75) is 0 Å². The maximum atomic E-state index is 11.2. The third kappa shape index (κ3) is 1.16. The van der Waals surface area contributed by atoms with E-state index in [4.69, 9.17) is 0 Å². The molecular formula is C8H6N2OS. The van der Waals surface area contributed by atoms with Gasteiger partial charge in [0.2, 0.25) is 0 Å². The molecule has 0 amide bonds. The van der Waals surface area contributed by atoms with Crippen molar-refractivity contribution in [3.05, 3.63) is 39.6 Å². The number of hydrogen-bond donors (Lipinski definition) is 1. The lowest BCUT2D eigenvalue weighted by Crippen LogP contribution is -2.08. The largest absolute Gasteiger partial charge is 0.326 e. The van der Waals surface area contributed by atoms with Crippen molar-refractivity contribution in [2.75, 3.05) is 0 Å². The van der Waals surface area contributed by atoms with Gasteiger partial charge < -0.3 is 4.98 Å². The minimum absolute atomic E-state index is 0.143. The average Bonchev–Trinajstić information content (AvgIpc) is 2.57. The normalized spacial score (nSPS) is 10.0. The Morgan fingerprint density at radius 1 is 1.50 bits per heavy atom. The first-order chi connectivity index (χ1) is 5.88. The van der Waals surface area contributed by atoms with Crippen LogP contribution in [-0.4, -0.2) is 9.97 Å². The molecule has 0 unspecified atom stereocenters. The Labute approximate surface area is 72.7 Å². The number of nitrogens with zero attached hydrogens (tertiary/aromatic N) is 1. The van der Waals surface area contributed by atoms with Crippen molar-refractivity contribution in [3.8, 4) is 11.3 Å². The van der Waals surface area contributed by atoms with Gasteiger partial charge in [0.25, 0.3) is 5.56 Å². The number of thiophene rings is 1. The molecule has 4 heteroatoms. The van der Waals surface area contributed by atoms with Crippen LogP contribution in [0.15, 0.2) is 34.0 Å². The molecule has 0 aromatic carbocycles. The summed E-state index contributed by atoms with van der Waals surface area (Å²) in [7, 11) is 0. The molecular weight excluding hydrogens is 172 g/mol. The first-order valence-corrected chi connectivity index (χ1v) is 4.38. The standard InChI is InChI=1S/C8H6N2OS/c11-8-7(9-2-3-10-8)6-1-4-12-5-6/h1-5H,(H,10,11). The van der Waals surface area contributed by atoms with E-state index in [9.17, 15) is 4.79 Å². The lowest BCUT2D eigenvalue weighted by atomic mass is 10.2. The molecule has 1 N–H and O–H groups in total. The molecule has 0 atom stereocenters. The molecule has 0 aliphatic heterocycles. The summed E-state index contributed by atoms with van der Waals surface area (Å²) in [5, 5.41) is 3.82. The van der Waals surface area contributed by atoms with E-state index >= 15 is 0 Å². The molecule has 3 nitrogen and oxygen atoms in total. The monoisotopic (exact) mass is 178 g/mol. The molecule has 0 aliphatic carbocycles. The van der Waals surface area contributed by atoms with Crippen molar-refractivity contribution >= 4 is 11.3 Å². The summed E-state index contributed by atoms with van der Waals surface area (Å²) < 4.78 is 0. The van der Waals surface area contributed by atoms with E-state index in [2.05, 4.69) is 9.97 Å². The molecule has 2 aromatic rings. The van der Waals surface area contributed by atoms with Gasteiger partial charge in [0.1, 0.15) is 5.69 Å². The van der Waals surface area contributed by atoms with Gasteiger partial charge in [-0.2, -0.15) is 11.3 Å². The van der Waals surface area contributed by atoms with E-state index in [-0.39, 0.29) is 5.56 Å². The van der Waals surface area contributed by atoms with Gasteiger partial charge in [0.05, 0.1) is 0 Å². The molecule has 2 rings (SSSR count). The maximum absolute atomic E-state index is 11.2. The maximum Gasteiger partial charge on any atom is 0.274 e. The van der Waals surface area contributed by atoms with E-state index in [1.165, 1.54) is 6.20 Å². The fourth-order valence-corrected chi connectivity index (χ4v) is 1.60. The number of aromatic amines is 1. The highest BCUT2D eigenvalue weighted by Crippen LogP contribution is 2.15. The predicted octanol–water partition coefficient (Wildman–Crippen LogP) is 1.50. The number of aromatic nitrogens is 2. The van der Waals surface area contributed by atoms with Crippen LogP contribution in [0.25, 0.3) is 11.3 Å². The van der Waals surface area contributed by atoms with Gasteiger partial charge in [-0.3, -0.25) is 4.79 Å². The van der Waals surface area contributed by atoms with Crippen LogP contribution >= 0.6 is 11.3 Å². The second-order valence-electron chi connectivity index (χ2n) is 2.28. The topological polar surface area (TPSA) is 45.8 Å². The highest BCUT2D eigenvalue weighted by molar-refractivity contribution is 7.08. The SMILES string of the molecule is O=c1[nH]ccnc1-c1ccsc1. The fourth-order valence-electron chi connectivity index (χ4n) is 0.957. The zero-order valence-electron chi connectivity index (χ0n) is 6.15. The summed E-state index contributed by atoms with van der Waals surface area (Å²) >= 11 is 1.55. The van der Waals surface area contributed by atoms with Crippen LogP contribution in [0.5, 0.6) is 0 Å². The molecule has 0 bridgehead atoms. The van der Waals surface area contributed by atoms with E-state index in [0.29, 0.717) is 5.69 Å². The summed E-state index contributed by atoms with van der Waals surface area (Å²) in [5.41, 5.74) is 1.22. The summed E-state index contributed by atoms with van der Waals surface area (Å²) in [6, 6.07) is 1.88. The minimum atomic E-state index is -0.143. The molecule has 0 saturated carbocycles. The zero-order chi connectivity index (χ0) is 8.39. The van der Waals surface area contributed by atoms with Crippen molar-refractivity contribution in [1.82, 2.24) is 9.97 Å². The lowest BCUT2D eigenvalue weighted by Gasteiger charge is -1.91. The molecule has 2 aromatic heterocycles. The van der Waals surface area contributed by atoms with Crippen LogP contribution in [0, 0.1) is 0 Å². The van der Waals surface area contributed by atoms with Gasteiger partial charge in [-0.15, -0.1) is 0 Å². The van der Waals surface area contributed by atoms with Crippen molar-refractivity contribution in [2.24, 2.45) is 0 Å². The highest BCUT2D eigenvalue weighted by atomic mass is 32.1. The average molecular weight is 178 g/mol. The highest BCUT2D eigenvalue weighted by Gasteiger charge is 2.02. The van der Waals surface area contributed by atoms with E-state index in [1.807, 2.05) is 16.8 Å². The van der Waals surface area contributed by atoms with E-state index < -0.39 is 0 Å². The second kappa shape index (κ2) is 2.91. The summed E-state index contributed by atoms with van der Waals surface area (Å²) in [5.74, 6) is 0. The molecule has 12 heavy (non-hydrogen) atoms. The Bertz CT molecular complexity index is 419. The molecule has 0 aliphatic rings. The molecule has 0 spiro atoms. The quantitative estimate of drug-likeness (QED) is 0.719. The van der Waals surface area contributed by atoms with Crippen LogP contribution in [0.3, 0.4) is 0 Å². The molecule has 0 radical (unpaired) electrons. The summed E-state index contributed by atoms with van der Waals surface area (Å²) in [6.07, 6.45) is 3.10. The number of rotatable bonds is 1. The van der Waals surface area contributed by atoms with E-state index in [0.717, 1.165) is 5.56 Å². The van der Waals surface area contributed by atoms with Gasteiger partial charge in [0, 0.05) is 23.3 Å². The molecule has 0 saturated heterocycles. The predicted molar refractivity (Wildman–Crippen MR) is 48.2 cm³/mol. The fraction of sp³-hybridized carbons (Fsp3) is 0. The van der Waals surface area contributed by atoms with Crippen LogP contribution in [-0.2, 0) is 0 Å². The summed E-state index contributed by atoms with van der Waals surface area (Å²) in [6.45, 7) is 0. The Hall–Kier alpha value is -1.42. The molecule has 2 heterocycles. The van der Waals surface area contributed by atoms with Gasteiger partial charge in [-0.25, -0.2) is 4.98 Å². The number of nitrogens with one attached hydrogen (secondary N) is 1. The first kappa shape index (κ1) is 7.24. The van der Waals surface area contributed by atoms with Crippen LogP contribution < -0.4 is 5.56 Å². The lowest BCUT2D eigenvalue weighted by molar-refractivity contribution is 1.15. The number of H-pyrrole nitrogens is 1. The first-order valence-electron chi connectivity index (χ1n) is 3.44.